The van der Waals surface area contributed by atoms with Crippen LogP contribution in [0.1, 0.15) is 21.5 Å². The summed E-state index contributed by atoms with van der Waals surface area (Å²) in [6.45, 7) is 0.284. The molecular formula is C19H17N3O5. The van der Waals surface area contributed by atoms with Gasteiger partial charge in [0.1, 0.15) is 11.5 Å². The van der Waals surface area contributed by atoms with Crippen LogP contribution in [0, 0.1) is 0 Å². The van der Waals surface area contributed by atoms with E-state index in [0.29, 0.717) is 23.4 Å². The fraction of sp³-hybridized carbons (Fsp3) is 0.211. The number of fused-ring (bicyclic) bond motifs is 1. The summed E-state index contributed by atoms with van der Waals surface area (Å²) in [6.07, 6.45) is 0. The molecule has 2 aliphatic heterocycles. The number of ether oxygens (including phenoxy) is 1. The number of urea groups is 1. The smallest absolute Gasteiger partial charge is 0.322 e. The van der Waals surface area contributed by atoms with E-state index in [9.17, 15) is 19.5 Å². The van der Waals surface area contributed by atoms with E-state index in [4.69, 9.17) is 4.74 Å². The minimum Gasteiger partial charge on any atom is -0.508 e. The molecule has 0 spiro atoms. The van der Waals surface area contributed by atoms with Gasteiger partial charge in [-0.05, 0) is 35.4 Å². The Morgan fingerprint density at radius 3 is 2.52 bits per heavy atom. The summed E-state index contributed by atoms with van der Waals surface area (Å²) in [5, 5.41) is 14.4. The highest BCUT2D eigenvalue weighted by atomic mass is 16.5. The second-order valence-corrected chi connectivity index (χ2v) is 6.54. The lowest BCUT2D eigenvalue weighted by atomic mass is 9.89. The van der Waals surface area contributed by atoms with E-state index in [0.717, 1.165) is 5.56 Å². The number of carbonyl (C=O) groups is 3. The van der Waals surface area contributed by atoms with Gasteiger partial charge < -0.3 is 20.1 Å². The van der Waals surface area contributed by atoms with E-state index >= 15 is 0 Å². The highest BCUT2D eigenvalue weighted by molar-refractivity contribution is 6.08. The van der Waals surface area contributed by atoms with Gasteiger partial charge in [-0.1, -0.05) is 18.2 Å². The molecule has 0 unspecified atom stereocenters. The third-order valence-electron chi connectivity index (χ3n) is 4.93. The molecule has 2 aliphatic rings. The molecule has 1 fully saturated rings. The minimum atomic E-state index is -1.42. The van der Waals surface area contributed by atoms with E-state index in [1.807, 2.05) is 6.07 Å². The minimum absolute atomic E-state index is 0.0365. The molecule has 2 aromatic carbocycles. The van der Waals surface area contributed by atoms with Crippen LogP contribution in [-0.4, -0.2) is 41.5 Å². The van der Waals surface area contributed by atoms with Gasteiger partial charge in [0.05, 0.1) is 13.7 Å². The molecule has 3 N–H and O–H groups in total. The molecule has 8 heteroatoms. The molecule has 2 heterocycles. The molecular weight excluding hydrogens is 350 g/mol. The number of nitrogens with one attached hydrogen (secondary N) is 2. The van der Waals surface area contributed by atoms with Crippen molar-refractivity contribution in [3.8, 4) is 11.5 Å². The zero-order valence-electron chi connectivity index (χ0n) is 14.5. The van der Waals surface area contributed by atoms with Crippen molar-refractivity contribution in [1.29, 1.82) is 0 Å². The SMILES string of the molecule is COc1ccc2c(c1)C(=O)N(C[C@@]1(c3ccc(O)cc3)NC(=O)NC1=O)C2. The number of hydrogen-bond donors (Lipinski definition) is 3. The maximum atomic E-state index is 12.9. The zero-order valence-corrected chi connectivity index (χ0v) is 14.5. The number of methoxy groups -OCH3 is 1. The molecule has 0 aromatic heterocycles. The number of aromatic hydroxyl groups is 1. The highest BCUT2D eigenvalue weighted by Gasteiger charge is 2.50. The van der Waals surface area contributed by atoms with Crippen molar-refractivity contribution in [2.45, 2.75) is 12.1 Å². The zero-order chi connectivity index (χ0) is 19.2. The van der Waals surface area contributed by atoms with Crippen LogP contribution in [0.15, 0.2) is 42.5 Å². The standard InChI is InChI=1S/C19H17N3O5/c1-27-14-7-2-11-9-22(16(24)15(11)8-14)10-19(17(25)20-18(26)21-19)12-3-5-13(23)6-4-12/h2-8,23H,9-10H2,1H3,(H2,20,21,25,26)/t19-/m0/s1. The Kier molecular flexibility index (Phi) is 3.76. The average Bonchev–Trinajstić information content (AvgIpc) is 3.12. The summed E-state index contributed by atoms with van der Waals surface area (Å²) in [6, 6.07) is 10.6. The molecule has 4 amide bonds. The summed E-state index contributed by atoms with van der Waals surface area (Å²) < 4.78 is 5.17. The number of imide groups is 1. The topological polar surface area (TPSA) is 108 Å². The normalized spacial score (nSPS) is 21.1. The Morgan fingerprint density at radius 1 is 1.15 bits per heavy atom. The summed E-state index contributed by atoms with van der Waals surface area (Å²) in [7, 11) is 1.52. The van der Waals surface area contributed by atoms with Gasteiger partial charge in [-0.15, -0.1) is 0 Å². The van der Waals surface area contributed by atoms with E-state index in [-0.39, 0.29) is 18.2 Å². The molecule has 4 rings (SSSR count). The molecule has 8 nitrogen and oxygen atoms in total. The number of phenolic OH excluding ortho intramolecular Hbond substituents is 1. The van der Waals surface area contributed by atoms with Crippen LogP contribution in [0.25, 0.3) is 0 Å². The van der Waals surface area contributed by atoms with Crippen LogP contribution in [0.5, 0.6) is 11.5 Å². The highest BCUT2D eigenvalue weighted by Crippen LogP contribution is 2.32. The summed E-state index contributed by atoms with van der Waals surface area (Å²) in [4.78, 5) is 38.9. The first-order chi connectivity index (χ1) is 12.9. The third kappa shape index (κ3) is 2.66. The molecule has 1 saturated heterocycles. The first kappa shape index (κ1) is 16.9. The van der Waals surface area contributed by atoms with Gasteiger partial charge in [-0.2, -0.15) is 0 Å². The van der Waals surface area contributed by atoms with Crippen molar-refractivity contribution in [3.63, 3.8) is 0 Å². The summed E-state index contributed by atoms with van der Waals surface area (Å²) in [5.41, 5.74) is 0.392. The first-order valence-electron chi connectivity index (χ1n) is 8.32. The largest absolute Gasteiger partial charge is 0.508 e. The molecule has 0 bridgehead atoms. The number of benzene rings is 2. The molecule has 0 saturated carbocycles. The summed E-state index contributed by atoms with van der Waals surface area (Å²) >= 11 is 0. The lowest BCUT2D eigenvalue weighted by molar-refractivity contribution is -0.124. The van der Waals surface area contributed by atoms with E-state index < -0.39 is 17.5 Å². The average molecular weight is 367 g/mol. The lowest BCUT2D eigenvalue weighted by Crippen LogP contribution is -2.52. The van der Waals surface area contributed by atoms with Gasteiger partial charge in [0, 0.05) is 12.1 Å². The molecule has 0 aliphatic carbocycles. The number of carbonyl (C=O) groups excluding carboxylic acids is 3. The van der Waals surface area contributed by atoms with Gasteiger partial charge in [-0.3, -0.25) is 14.9 Å². The van der Waals surface area contributed by atoms with Crippen molar-refractivity contribution in [2.24, 2.45) is 0 Å². The van der Waals surface area contributed by atoms with E-state index in [2.05, 4.69) is 10.6 Å². The number of amides is 4. The number of hydrogen-bond acceptors (Lipinski definition) is 5. The van der Waals surface area contributed by atoms with Gasteiger partial charge >= 0.3 is 6.03 Å². The molecule has 27 heavy (non-hydrogen) atoms. The quantitative estimate of drug-likeness (QED) is 0.701. The Hall–Kier alpha value is -3.55. The predicted octanol–water partition coefficient (Wildman–Crippen LogP) is 1.09. The summed E-state index contributed by atoms with van der Waals surface area (Å²) in [5.74, 6) is -0.171. The van der Waals surface area contributed by atoms with Crippen LogP contribution in [0.3, 0.4) is 0 Å². The van der Waals surface area contributed by atoms with E-state index in [1.165, 1.54) is 24.1 Å². The van der Waals surface area contributed by atoms with Gasteiger partial charge in [-0.25, -0.2) is 4.79 Å². The molecule has 2 aromatic rings. The van der Waals surface area contributed by atoms with Crippen molar-refractivity contribution in [3.05, 3.63) is 59.2 Å². The van der Waals surface area contributed by atoms with Gasteiger partial charge in [0.15, 0.2) is 5.54 Å². The Morgan fingerprint density at radius 2 is 1.89 bits per heavy atom. The van der Waals surface area contributed by atoms with Crippen molar-refractivity contribution in [1.82, 2.24) is 15.5 Å². The number of nitrogens with zero attached hydrogens (tertiary/aromatic N) is 1. The van der Waals surface area contributed by atoms with Gasteiger partial charge in [0.2, 0.25) is 0 Å². The van der Waals surface area contributed by atoms with Crippen LogP contribution in [0.4, 0.5) is 4.79 Å². The van der Waals surface area contributed by atoms with Crippen LogP contribution in [0.2, 0.25) is 0 Å². The maximum absolute atomic E-state index is 12.9. The Balaban J connectivity index is 1.69. The fourth-order valence-electron chi connectivity index (χ4n) is 3.52. The second-order valence-electron chi connectivity index (χ2n) is 6.54. The van der Waals surface area contributed by atoms with Crippen molar-refractivity contribution < 1.29 is 24.2 Å². The van der Waals surface area contributed by atoms with Crippen LogP contribution >= 0.6 is 0 Å². The second kappa shape index (κ2) is 6.01. The van der Waals surface area contributed by atoms with Crippen molar-refractivity contribution in [2.75, 3.05) is 13.7 Å². The Labute approximate surface area is 154 Å². The van der Waals surface area contributed by atoms with E-state index in [1.54, 1.807) is 24.3 Å². The molecule has 138 valence electrons. The fourth-order valence-corrected chi connectivity index (χ4v) is 3.52. The first-order valence-corrected chi connectivity index (χ1v) is 8.32. The van der Waals surface area contributed by atoms with Crippen molar-refractivity contribution >= 4 is 17.8 Å². The third-order valence-corrected chi connectivity index (χ3v) is 4.93. The lowest BCUT2D eigenvalue weighted by Gasteiger charge is -2.31. The predicted molar refractivity (Wildman–Crippen MR) is 94.2 cm³/mol. The number of rotatable bonds is 4. The monoisotopic (exact) mass is 367 g/mol. The molecule has 0 radical (unpaired) electrons. The van der Waals surface area contributed by atoms with Crippen LogP contribution < -0.4 is 15.4 Å². The van der Waals surface area contributed by atoms with Gasteiger partial charge in [0.25, 0.3) is 11.8 Å². The Bertz CT molecular complexity index is 956. The number of phenols is 1. The van der Waals surface area contributed by atoms with Crippen LogP contribution in [-0.2, 0) is 16.9 Å². The maximum Gasteiger partial charge on any atom is 0.322 e. The molecule has 1 atom stereocenters.